The number of hydrogen-bond acceptors (Lipinski definition) is 4. The van der Waals surface area contributed by atoms with Crippen molar-refractivity contribution in [3.63, 3.8) is 0 Å². The number of aromatic amines is 1. The fourth-order valence-corrected chi connectivity index (χ4v) is 5.36. The fraction of sp³-hybridized carbons (Fsp3) is 0.733. The number of nitrogens with zero attached hydrogens (tertiary/aromatic N) is 1. The molecule has 0 radical (unpaired) electrons. The van der Waals surface area contributed by atoms with Crippen molar-refractivity contribution in [2.45, 2.75) is 44.9 Å². The quantitative estimate of drug-likeness (QED) is 0.886. The largest absolute Gasteiger partial charge is 0.309 e. The lowest BCUT2D eigenvalue weighted by molar-refractivity contribution is -0.118. The fourth-order valence-electron chi connectivity index (χ4n) is 3.72. The first-order valence-electron chi connectivity index (χ1n) is 7.96. The van der Waals surface area contributed by atoms with Crippen molar-refractivity contribution in [1.29, 1.82) is 0 Å². The van der Waals surface area contributed by atoms with E-state index in [-0.39, 0.29) is 28.7 Å². The van der Waals surface area contributed by atoms with Crippen LogP contribution in [0, 0.1) is 18.3 Å². The number of sulfone groups is 1. The third kappa shape index (κ3) is 2.35. The summed E-state index contributed by atoms with van der Waals surface area (Å²) in [5, 5.41) is 10.2. The summed E-state index contributed by atoms with van der Waals surface area (Å²) < 4.78 is 23.1. The molecule has 1 aromatic rings. The van der Waals surface area contributed by atoms with E-state index in [9.17, 15) is 13.2 Å². The van der Waals surface area contributed by atoms with Gasteiger partial charge in [0.15, 0.2) is 5.82 Å². The summed E-state index contributed by atoms with van der Waals surface area (Å²) in [5.41, 5.74) is 2.11. The van der Waals surface area contributed by atoms with Gasteiger partial charge in [-0.2, -0.15) is 5.10 Å². The van der Waals surface area contributed by atoms with Crippen LogP contribution in [0.25, 0.3) is 0 Å². The van der Waals surface area contributed by atoms with Gasteiger partial charge in [0, 0.05) is 23.1 Å². The molecule has 1 aromatic heterocycles. The predicted octanol–water partition coefficient (Wildman–Crippen LogP) is 1.75. The lowest BCUT2D eigenvalue weighted by Gasteiger charge is -2.22. The van der Waals surface area contributed by atoms with E-state index in [1.165, 1.54) is 12.8 Å². The molecule has 7 heteroatoms. The van der Waals surface area contributed by atoms with Crippen LogP contribution < -0.4 is 5.32 Å². The van der Waals surface area contributed by atoms with Crippen molar-refractivity contribution >= 4 is 21.6 Å². The average molecular weight is 323 g/mol. The Balaban J connectivity index is 1.42. The van der Waals surface area contributed by atoms with Gasteiger partial charge < -0.3 is 5.32 Å². The summed E-state index contributed by atoms with van der Waals surface area (Å²) in [7, 11) is -2.88. The third-order valence-electron chi connectivity index (χ3n) is 5.60. The molecule has 2 heterocycles. The van der Waals surface area contributed by atoms with Gasteiger partial charge in [0.2, 0.25) is 5.91 Å². The van der Waals surface area contributed by atoms with E-state index in [2.05, 4.69) is 15.5 Å². The molecule has 2 aliphatic carbocycles. The third-order valence-corrected chi connectivity index (χ3v) is 7.25. The van der Waals surface area contributed by atoms with Crippen LogP contribution in [-0.2, 0) is 14.6 Å². The van der Waals surface area contributed by atoms with Crippen LogP contribution in [0.15, 0.2) is 0 Å². The molecule has 1 aliphatic heterocycles. The number of rotatable bonds is 3. The second-order valence-corrected chi connectivity index (χ2v) is 9.45. The van der Waals surface area contributed by atoms with E-state index in [1.807, 2.05) is 6.92 Å². The molecule has 0 bridgehead atoms. The molecule has 120 valence electrons. The molecule has 2 N–H and O–H groups in total. The summed E-state index contributed by atoms with van der Waals surface area (Å²) in [5.74, 6) is 1.61. The number of H-pyrrole nitrogens is 1. The maximum absolute atomic E-state index is 12.4. The number of carbonyl (C=O) groups excluding carboxylic acids is 1. The van der Waals surface area contributed by atoms with Gasteiger partial charge in [-0.25, -0.2) is 8.42 Å². The molecule has 3 aliphatic rings. The minimum atomic E-state index is -2.88. The van der Waals surface area contributed by atoms with E-state index in [4.69, 9.17) is 0 Å². The van der Waals surface area contributed by atoms with Crippen molar-refractivity contribution in [2.75, 3.05) is 16.8 Å². The van der Waals surface area contributed by atoms with Crippen molar-refractivity contribution in [3.8, 4) is 0 Å². The zero-order valence-electron chi connectivity index (χ0n) is 12.7. The summed E-state index contributed by atoms with van der Waals surface area (Å²) in [6.45, 7) is 1.99. The summed E-state index contributed by atoms with van der Waals surface area (Å²) in [4.78, 5) is 12.4. The average Bonchev–Trinajstić information content (AvgIpc) is 3.37. The number of carbonyl (C=O) groups is 1. The van der Waals surface area contributed by atoms with Crippen LogP contribution in [0.1, 0.15) is 49.3 Å². The SMILES string of the molecule is Cc1c(NC(=O)C2CC23CCS(=O)(=O)CC3)n[nH]c1C1CC1. The van der Waals surface area contributed by atoms with Gasteiger partial charge in [-0.15, -0.1) is 0 Å². The first kappa shape index (κ1) is 14.2. The van der Waals surface area contributed by atoms with Crippen molar-refractivity contribution in [1.82, 2.24) is 10.2 Å². The highest BCUT2D eigenvalue weighted by molar-refractivity contribution is 7.91. The molecule has 1 saturated heterocycles. The van der Waals surface area contributed by atoms with Crippen LogP contribution >= 0.6 is 0 Å². The Morgan fingerprint density at radius 2 is 2.00 bits per heavy atom. The molecule has 4 rings (SSSR count). The Kier molecular flexibility index (Phi) is 2.95. The molecular formula is C15H21N3O3S. The molecule has 1 amide bonds. The molecule has 1 atom stereocenters. The van der Waals surface area contributed by atoms with E-state index in [0.29, 0.717) is 24.6 Å². The van der Waals surface area contributed by atoms with Crippen LogP contribution in [0.5, 0.6) is 0 Å². The smallest absolute Gasteiger partial charge is 0.229 e. The Bertz CT molecular complexity index is 719. The molecular weight excluding hydrogens is 302 g/mol. The highest BCUT2D eigenvalue weighted by Crippen LogP contribution is 2.60. The normalized spacial score (nSPS) is 28.5. The van der Waals surface area contributed by atoms with E-state index >= 15 is 0 Å². The Morgan fingerprint density at radius 3 is 2.64 bits per heavy atom. The van der Waals surface area contributed by atoms with E-state index in [0.717, 1.165) is 17.7 Å². The van der Waals surface area contributed by atoms with Gasteiger partial charge in [0.05, 0.1) is 11.5 Å². The molecule has 2 saturated carbocycles. The number of nitrogens with one attached hydrogen (secondary N) is 2. The van der Waals surface area contributed by atoms with Crippen molar-refractivity contribution < 1.29 is 13.2 Å². The topological polar surface area (TPSA) is 91.9 Å². The Morgan fingerprint density at radius 1 is 1.32 bits per heavy atom. The van der Waals surface area contributed by atoms with Crippen LogP contribution in [0.2, 0.25) is 0 Å². The highest BCUT2D eigenvalue weighted by atomic mass is 32.2. The Hall–Kier alpha value is -1.37. The first-order chi connectivity index (χ1) is 10.4. The molecule has 0 aromatic carbocycles. The van der Waals surface area contributed by atoms with Crippen LogP contribution in [-0.4, -0.2) is 36.0 Å². The molecule has 3 fully saturated rings. The number of anilines is 1. The number of hydrogen-bond donors (Lipinski definition) is 2. The zero-order chi connectivity index (χ0) is 15.5. The van der Waals surface area contributed by atoms with Crippen molar-refractivity contribution in [3.05, 3.63) is 11.3 Å². The van der Waals surface area contributed by atoms with Gasteiger partial charge in [-0.1, -0.05) is 0 Å². The minimum absolute atomic E-state index is 0.00348. The minimum Gasteiger partial charge on any atom is -0.309 e. The monoisotopic (exact) mass is 323 g/mol. The second kappa shape index (κ2) is 4.57. The van der Waals surface area contributed by atoms with Gasteiger partial charge in [-0.05, 0) is 44.4 Å². The van der Waals surface area contributed by atoms with Crippen LogP contribution in [0.3, 0.4) is 0 Å². The summed E-state index contributed by atoms with van der Waals surface area (Å²) in [6.07, 6.45) is 4.45. The number of aromatic nitrogens is 2. The van der Waals surface area contributed by atoms with Crippen LogP contribution in [0.4, 0.5) is 5.82 Å². The van der Waals surface area contributed by atoms with Crippen molar-refractivity contribution in [2.24, 2.45) is 11.3 Å². The zero-order valence-corrected chi connectivity index (χ0v) is 13.5. The van der Waals surface area contributed by atoms with E-state index < -0.39 is 9.84 Å². The second-order valence-electron chi connectivity index (χ2n) is 7.15. The van der Waals surface area contributed by atoms with Gasteiger partial charge in [0.25, 0.3) is 0 Å². The summed E-state index contributed by atoms with van der Waals surface area (Å²) >= 11 is 0. The number of amides is 1. The van der Waals surface area contributed by atoms with Gasteiger partial charge in [0.1, 0.15) is 9.84 Å². The maximum atomic E-state index is 12.4. The Labute approximate surface area is 130 Å². The maximum Gasteiger partial charge on any atom is 0.229 e. The molecule has 1 unspecified atom stereocenters. The predicted molar refractivity (Wildman–Crippen MR) is 82.4 cm³/mol. The first-order valence-corrected chi connectivity index (χ1v) is 9.78. The highest BCUT2D eigenvalue weighted by Gasteiger charge is 2.59. The van der Waals surface area contributed by atoms with E-state index in [1.54, 1.807) is 0 Å². The molecule has 1 spiro atoms. The summed E-state index contributed by atoms with van der Waals surface area (Å²) in [6, 6.07) is 0. The molecule has 6 nitrogen and oxygen atoms in total. The lowest BCUT2D eigenvalue weighted by Crippen LogP contribution is -2.28. The van der Waals surface area contributed by atoms with Gasteiger partial charge in [-0.3, -0.25) is 9.89 Å². The molecule has 22 heavy (non-hydrogen) atoms. The lowest BCUT2D eigenvalue weighted by atomic mass is 9.96. The van der Waals surface area contributed by atoms with Gasteiger partial charge >= 0.3 is 0 Å². The standard InChI is InChI=1S/C15H21N3O3S/c1-9-12(10-2-3-10)17-18-13(9)16-14(19)11-8-15(11)4-6-22(20,21)7-5-15/h10-11H,2-8H2,1H3,(H2,16,17,18,19).